The topological polar surface area (TPSA) is 33.5 Å². The molecule has 0 aliphatic carbocycles. The quantitative estimate of drug-likeness (QED) is 0.163. The minimum Gasteiger partial charge on any atom is -0.457 e. The highest BCUT2D eigenvalue weighted by atomic mass is 16.5. The second kappa shape index (κ2) is 13.7. The number of benzene rings is 5. The van der Waals surface area contributed by atoms with Gasteiger partial charge in [0.1, 0.15) is 17.3 Å². The molecule has 8 rings (SSSR count). The highest BCUT2D eigenvalue weighted by Gasteiger charge is 2.29. The molecule has 0 atom stereocenters. The summed E-state index contributed by atoms with van der Waals surface area (Å²) < 4.78 is 8.97. The highest BCUT2D eigenvalue weighted by molar-refractivity contribution is 6.09. The summed E-state index contributed by atoms with van der Waals surface area (Å²) in [4.78, 5) is 9.78. The smallest absolute Gasteiger partial charge is 0.137 e. The van der Waals surface area contributed by atoms with Gasteiger partial charge in [-0.2, -0.15) is 0 Å². The maximum atomic E-state index is 6.70. The van der Waals surface area contributed by atoms with Gasteiger partial charge in [0.15, 0.2) is 0 Å². The zero-order valence-electron chi connectivity index (χ0n) is 34.6. The summed E-state index contributed by atoms with van der Waals surface area (Å²) in [6.45, 7) is 23.5. The molecule has 284 valence electrons. The lowest BCUT2D eigenvalue weighted by atomic mass is 9.78. The van der Waals surface area contributed by atoms with Crippen LogP contribution in [0.2, 0.25) is 0 Å². The molecule has 1 aliphatic heterocycles. The SMILES string of the molecule is CC1=C(C)N(c2cc(C(C)(C)C)cc(C(C)(C)C)c2)CN1c1cccc(Oc2ccc3c4ccccc4n(-c4cc(C(C)(C)c5ccccc5)ccn4)c3c2)c1. The van der Waals surface area contributed by atoms with Crippen LogP contribution in [0.3, 0.4) is 0 Å². The number of para-hydroxylation sites is 1. The van der Waals surface area contributed by atoms with E-state index in [9.17, 15) is 0 Å². The van der Waals surface area contributed by atoms with Crippen molar-refractivity contribution in [3.63, 3.8) is 0 Å². The zero-order valence-corrected chi connectivity index (χ0v) is 34.6. The van der Waals surface area contributed by atoms with Crippen molar-refractivity contribution < 1.29 is 4.74 Å². The monoisotopic (exact) mass is 738 g/mol. The number of ether oxygens (including phenoxy) is 1. The summed E-state index contributed by atoms with van der Waals surface area (Å²) in [5.74, 6) is 2.46. The first-order valence-corrected chi connectivity index (χ1v) is 19.8. The third-order valence-electron chi connectivity index (χ3n) is 11.8. The Morgan fingerprint density at radius 1 is 0.500 bits per heavy atom. The Kier molecular flexibility index (Phi) is 9.11. The standard InChI is InChI=1S/C51H54N4O/c1-34-35(2)54(41-28-38(49(3,4)5)27-39(29-41)50(6,7)8)33-53(34)40-19-16-20-42(31-40)56-43-23-24-45-44-21-14-15-22-46(44)55(47(45)32-43)48-30-37(25-26-52-48)51(9,10)36-17-12-11-13-18-36/h11-32H,33H2,1-10H3. The van der Waals surface area contributed by atoms with Gasteiger partial charge in [-0.15, -0.1) is 0 Å². The van der Waals surface area contributed by atoms with Crippen LogP contribution in [0.25, 0.3) is 27.6 Å². The molecule has 5 aromatic carbocycles. The molecule has 0 unspecified atom stereocenters. The van der Waals surface area contributed by atoms with Crippen LogP contribution in [0, 0.1) is 0 Å². The van der Waals surface area contributed by atoms with Gasteiger partial charge in [0.05, 0.1) is 17.7 Å². The van der Waals surface area contributed by atoms with E-state index in [1.165, 1.54) is 44.7 Å². The van der Waals surface area contributed by atoms with E-state index in [-0.39, 0.29) is 16.2 Å². The summed E-state index contributed by atoms with van der Waals surface area (Å²) in [6.07, 6.45) is 1.93. The van der Waals surface area contributed by atoms with Gasteiger partial charge >= 0.3 is 0 Å². The van der Waals surface area contributed by atoms with E-state index in [4.69, 9.17) is 9.72 Å². The van der Waals surface area contributed by atoms with Gasteiger partial charge < -0.3 is 14.5 Å². The van der Waals surface area contributed by atoms with Crippen molar-refractivity contribution in [3.8, 4) is 17.3 Å². The molecule has 0 spiro atoms. The van der Waals surface area contributed by atoms with E-state index in [0.717, 1.165) is 46.1 Å². The maximum Gasteiger partial charge on any atom is 0.137 e. The third-order valence-corrected chi connectivity index (χ3v) is 11.8. The Labute approximate surface area is 332 Å². The molecule has 1 aliphatic rings. The molecule has 5 nitrogen and oxygen atoms in total. The van der Waals surface area contributed by atoms with Gasteiger partial charge in [0.25, 0.3) is 0 Å². The van der Waals surface area contributed by atoms with Crippen LogP contribution in [0.15, 0.2) is 145 Å². The van der Waals surface area contributed by atoms with Crippen molar-refractivity contribution >= 4 is 33.2 Å². The molecule has 2 aromatic heterocycles. The zero-order chi connectivity index (χ0) is 39.6. The Balaban J connectivity index is 1.12. The number of hydrogen-bond donors (Lipinski definition) is 0. The van der Waals surface area contributed by atoms with E-state index in [2.05, 4.69) is 205 Å². The van der Waals surface area contributed by atoms with Crippen LogP contribution in [-0.4, -0.2) is 16.2 Å². The number of hydrogen-bond acceptors (Lipinski definition) is 4. The summed E-state index contributed by atoms with van der Waals surface area (Å²) >= 11 is 0. The fourth-order valence-electron chi connectivity index (χ4n) is 7.99. The lowest BCUT2D eigenvalue weighted by Gasteiger charge is -2.30. The van der Waals surface area contributed by atoms with Crippen LogP contribution < -0.4 is 14.5 Å². The Bertz CT molecular complexity index is 2580. The van der Waals surface area contributed by atoms with E-state index < -0.39 is 0 Å². The second-order valence-corrected chi connectivity index (χ2v) is 18.0. The lowest BCUT2D eigenvalue weighted by Crippen LogP contribution is -2.28. The van der Waals surface area contributed by atoms with Gasteiger partial charge in [0.2, 0.25) is 0 Å². The largest absolute Gasteiger partial charge is 0.457 e. The summed E-state index contributed by atoms with van der Waals surface area (Å²) in [5, 5.41) is 2.35. The number of rotatable bonds is 7. The van der Waals surface area contributed by atoms with Crippen molar-refractivity contribution in [1.82, 2.24) is 9.55 Å². The molecule has 5 heteroatoms. The van der Waals surface area contributed by atoms with E-state index >= 15 is 0 Å². The number of nitrogens with zero attached hydrogens (tertiary/aromatic N) is 4. The number of allylic oxidation sites excluding steroid dienone is 2. The van der Waals surface area contributed by atoms with E-state index in [0.29, 0.717) is 0 Å². The normalized spacial score (nSPS) is 14.0. The molecule has 0 bridgehead atoms. The molecule has 7 aromatic rings. The van der Waals surface area contributed by atoms with Gasteiger partial charge in [-0.25, -0.2) is 4.98 Å². The summed E-state index contributed by atoms with van der Waals surface area (Å²) in [6, 6.07) is 45.6. The molecule has 0 saturated carbocycles. The molecule has 0 N–H and O–H groups in total. The van der Waals surface area contributed by atoms with Gasteiger partial charge in [-0.05, 0) is 102 Å². The molecule has 3 heterocycles. The van der Waals surface area contributed by atoms with E-state index in [1.54, 1.807) is 0 Å². The number of anilines is 2. The van der Waals surface area contributed by atoms with E-state index in [1.807, 2.05) is 12.3 Å². The fourth-order valence-corrected chi connectivity index (χ4v) is 7.99. The first-order chi connectivity index (χ1) is 26.6. The fraction of sp³-hybridized carbons (Fsp3) is 0.275. The van der Waals surface area contributed by atoms with Crippen molar-refractivity contribution in [3.05, 3.63) is 167 Å². The van der Waals surface area contributed by atoms with Crippen molar-refractivity contribution in [2.24, 2.45) is 0 Å². The van der Waals surface area contributed by atoms with Gasteiger partial charge in [-0.3, -0.25) is 4.57 Å². The van der Waals surface area contributed by atoms with Crippen LogP contribution in [0.5, 0.6) is 11.5 Å². The first kappa shape index (κ1) is 37.1. The van der Waals surface area contributed by atoms with Crippen molar-refractivity contribution in [1.29, 1.82) is 0 Å². The summed E-state index contributed by atoms with van der Waals surface area (Å²) in [7, 11) is 0. The molecule has 0 saturated heterocycles. The van der Waals surface area contributed by atoms with Crippen molar-refractivity contribution in [2.75, 3.05) is 16.5 Å². The Morgan fingerprint density at radius 2 is 1.12 bits per heavy atom. The Morgan fingerprint density at radius 3 is 1.82 bits per heavy atom. The van der Waals surface area contributed by atoms with Crippen LogP contribution >= 0.6 is 0 Å². The molecular formula is C51H54N4O. The maximum absolute atomic E-state index is 6.70. The second-order valence-electron chi connectivity index (χ2n) is 18.0. The Hall–Kier alpha value is -5.81. The number of fused-ring (bicyclic) bond motifs is 3. The molecule has 0 radical (unpaired) electrons. The third kappa shape index (κ3) is 6.74. The molecule has 0 fully saturated rings. The van der Waals surface area contributed by atoms with Crippen LogP contribution in [0.4, 0.5) is 11.4 Å². The minimum absolute atomic E-state index is 0.0466. The van der Waals surface area contributed by atoms with Gasteiger partial charge in [0, 0.05) is 57.3 Å². The predicted octanol–water partition coefficient (Wildman–Crippen LogP) is 13.4. The highest BCUT2D eigenvalue weighted by Crippen LogP contribution is 2.41. The average molecular weight is 739 g/mol. The molecule has 56 heavy (non-hydrogen) atoms. The predicted molar refractivity (Wildman–Crippen MR) is 236 cm³/mol. The van der Waals surface area contributed by atoms with Crippen molar-refractivity contribution in [2.45, 2.75) is 85.5 Å². The van der Waals surface area contributed by atoms with Crippen LogP contribution in [0.1, 0.15) is 91.5 Å². The number of pyridine rings is 1. The lowest BCUT2D eigenvalue weighted by molar-refractivity contribution is 0.483. The van der Waals surface area contributed by atoms with Gasteiger partial charge in [-0.1, -0.05) is 116 Å². The average Bonchev–Trinajstić information content (AvgIpc) is 3.67. The first-order valence-electron chi connectivity index (χ1n) is 19.8. The van der Waals surface area contributed by atoms with Crippen LogP contribution in [-0.2, 0) is 16.2 Å². The molecular weight excluding hydrogens is 685 g/mol. The number of aromatic nitrogens is 2. The molecule has 0 amide bonds. The minimum atomic E-state index is -0.193. The summed E-state index contributed by atoms with van der Waals surface area (Å²) in [5.41, 5.74) is 12.1.